The highest BCUT2D eigenvalue weighted by Crippen LogP contribution is 2.39. The highest BCUT2D eigenvalue weighted by molar-refractivity contribution is 5.68. The molecule has 0 aliphatic carbocycles. The van der Waals surface area contributed by atoms with Crippen LogP contribution in [0.5, 0.6) is 5.88 Å². The zero-order chi connectivity index (χ0) is 14.7. The molecule has 0 amide bonds. The predicted octanol–water partition coefficient (Wildman–Crippen LogP) is 2.19. The molecule has 2 N–H and O–H groups in total. The van der Waals surface area contributed by atoms with Gasteiger partial charge >= 0.3 is 0 Å². The van der Waals surface area contributed by atoms with Crippen molar-refractivity contribution in [2.24, 2.45) is 0 Å². The van der Waals surface area contributed by atoms with E-state index in [-0.39, 0.29) is 6.04 Å². The molecule has 0 bridgehead atoms. The maximum Gasteiger partial charge on any atom is 0.242 e. The van der Waals surface area contributed by atoms with E-state index in [1.54, 1.807) is 0 Å². The predicted molar refractivity (Wildman–Crippen MR) is 81.2 cm³/mol. The summed E-state index contributed by atoms with van der Waals surface area (Å²) in [7, 11) is 0. The van der Waals surface area contributed by atoms with Crippen molar-refractivity contribution >= 4 is 11.5 Å². The van der Waals surface area contributed by atoms with Crippen LogP contribution in [0.1, 0.15) is 31.4 Å². The Kier molecular flexibility index (Phi) is 3.85. The zero-order valence-corrected chi connectivity index (χ0v) is 12.1. The van der Waals surface area contributed by atoms with Gasteiger partial charge in [-0.05, 0) is 37.5 Å². The zero-order valence-electron chi connectivity index (χ0n) is 12.1. The molecule has 6 heteroatoms. The van der Waals surface area contributed by atoms with Gasteiger partial charge in [0.1, 0.15) is 12.0 Å². The van der Waals surface area contributed by atoms with Gasteiger partial charge < -0.3 is 15.4 Å². The average Bonchev–Trinajstić information content (AvgIpc) is 3.00. The van der Waals surface area contributed by atoms with E-state index in [0.29, 0.717) is 18.2 Å². The minimum absolute atomic E-state index is 0.277. The molecule has 1 unspecified atom stereocenters. The number of hydrogen-bond acceptors (Lipinski definition) is 6. The summed E-state index contributed by atoms with van der Waals surface area (Å²) in [4.78, 5) is 14.8. The summed E-state index contributed by atoms with van der Waals surface area (Å²) in [6.07, 6.45) is 7.35. The maximum absolute atomic E-state index is 6.19. The third-order valence-electron chi connectivity index (χ3n) is 3.72. The van der Waals surface area contributed by atoms with Crippen LogP contribution in [0.3, 0.4) is 0 Å². The van der Waals surface area contributed by atoms with Gasteiger partial charge in [-0.15, -0.1) is 0 Å². The molecule has 1 aliphatic heterocycles. The number of ether oxygens (including phenoxy) is 1. The quantitative estimate of drug-likeness (QED) is 0.928. The van der Waals surface area contributed by atoms with Gasteiger partial charge in [0.15, 0.2) is 5.82 Å². The lowest BCUT2D eigenvalue weighted by Crippen LogP contribution is -2.25. The molecule has 2 aromatic heterocycles. The van der Waals surface area contributed by atoms with Gasteiger partial charge in [0, 0.05) is 18.9 Å². The maximum atomic E-state index is 6.19. The van der Waals surface area contributed by atoms with Crippen molar-refractivity contribution in [2.75, 3.05) is 23.8 Å². The van der Waals surface area contributed by atoms with E-state index in [2.05, 4.69) is 19.9 Å². The van der Waals surface area contributed by atoms with Crippen LogP contribution in [-0.4, -0.2) is 28.1 Å². The first-order valence-electron chi connectivity index (χ1n) is 7.21. The second-order valence-corrected chi connectivity index (χ2v) is 4.98. The summed E-state index contributed by atoms with van der Waals surface area (Å²) in [6, 6.07) is 4.37. The van der Waals surface area contributed by atoms with Crippen molar-refractivity contribution in [3.05, 3.63) is 36.4 Å². The lowest BCUT2D eigenvalue weighted by molar-refractivity contribution is 0.328. The summed E-state index contributed by atoms with van der Waals surface area (Å²) in [5.41, 5.74) is 7.93. The Bertz CT molecular complexity index is 604. The second kappa shape index (κ2) is 5.95. The van der Waals surface area contributed by atoms with Crippen molar-refractivity contribution in [1.29, 1.82) is 0 Å². The molecule has 110 valence electrons. The van der Waals surface area contributed by atoms with E-state index in [1.165, 1.54) is 11.9 Å². The minimum Gasteiger partial charge on any atom is -0.476 e. The number of nitrogens with zero attached hydrogens (tertiary/aromatic N) is 4. The van der Waals surface area contributed by atoms with Gasteiger partial charge in [-0.3, -0.25) is 4.98 Å². The Labute approximate surface area is 124 Å². The van der Waals surface area contributed by atoms with Gasteiger partial charge in [0.05, 0.1) is 12.6 Å². The van der Waals surface area contributed by atoms with Crippen molar-refractivity contribution in [3.63, 3.8) is 0 Å². The first kappa shape index (κ1) is 13.6. The van der Waals surface area contributed by atoms with Crippen molar-refractivity contribution < 1.29 is 4.74 Å². The highest BCUT2D eigenvalue weighted by atomic mass is 16.5. The Balaban J connectivity index is 1.94. The van der Waals surface area contributed by atoms with Crippen LogP contribution in [0, 0.1) is 0 Å². The number of rotatable bonds is 4. The average molecular weight is 285 g/mol. The van der Waals surface area contributed by atoms with Crippen LogP contribution >= 0.6 is 0 Å². The summed E-state index contributed by atoms with van der Waals surface area (Å²) in [5, 5.41) is 0. The molecule has 1 fully saturated rings. The first-order chi connectivity index (χ1) is 10.3. The Morgan fingerprint density at radius 1 is 1.33 bits per heavy atom. The normalized spacial score (nSPS) is 18.0. The summed E-state index contributed by atoms with van der Waals surface area (Å²) < 4.78 is 5.47. The molecule has 0 aromatic carbocycles. The molecular formula is C15H19N5O. The lowest BCUT2D eigenvalue weighted by atomic mass is 10.1. The third-order valence-corrected chi connectivity index (χ3v) is 3.72. The van der Waals surface area contributed by atoms with Crippen LogP contribution in [0.2, 0.25) is 0 Å². The first-order valence-corrected chi connectivity index (χ1v) is 7.21. The van der Waals surface area contributed by atoms with E-state index in [9.17, 15) is 0 Å². The van der Waals surface area contributed by atoms with Crippen LogP contribution in [0.25, 0.3) is 0 Å². The van der Waals surface area contributed by atoms with Gasteiger partial charge in [-0.2, -0.15) is 4.98 Å². The molecule has 0 spiro atoms. The van der Waals surface area contributed by atoms with E-state index in [4.69, 9.17) is 10.5 Å². The summed E-state index contributed by atoms with van der Waals surface area (Å²) in [6.45, 7) is 3.38. The summed E-state index contributed by atoms with van der Waals surface area (Å²) >= 11 is 0. The molecule has 3 heterocycles. The van der Waals surface area contributed by atoms with Crippen LogP contribution in [0.15, 0.2) is 30.9 Å². The number of hydrogen-bond donors (Lipinski definition) is 1. The van der Waals surface area contributed by atoms with E-state index in [1.807, 2.05) is 31.5 Å². The Morgan fingerprint density at radius 3 is 2.90 bits per heavy atom. The number of aromatic nitrogens is 3. The molecule has 0 radical (unpaired) electrons. The smallest absolute Gasteiger partial charge is 0.242 e. The van der Waals surface area contributed by atoms with Crippen LogP contribution in [-0.2, 0) is 0 Å². The van der Waals surface area contributed by atoms with E-state index >= 15 is 0 Å². The molecule has 1 saturated heterocycles. The molecule has 6 nitrogen and oxygen atoms in total. The SMILES string of the molecule is CCOc1ncnc(N2CCCC2c2ccncc2)c1N. The lowest BCUT2D eigenvalue weighted by Gasteiger charge is -2.27. The van der Waals surface area contributed by atoms with Gasteiger partial charge in [-0.25, -0.2) is 4.98 Å². The van der Waals surface area contributed by atoms with Crippen molar-refractivity contribution in [1.82, 2.24) is 15.0 Å². The van der Waals surface area contributed by atoms with Crippen molar-refractivity contribution in [3.8, 4) is 5.88 Å². The fourth-order valence-electron chi connectivity index (χ4n) is 2.80. The molecule has 1 aliphatic rings. The van der Waals surface area contributed by atoms with E-state index < -0.39 is 0 Å². The molecule has 0 saturated carbocycles. The number of pyridine rings is 1. The second-order valence-electron chi connectivity index (χ2n) is 4.98. The monoisotopic (exact) mass is 285 g/mol. The minimum atomic E-state index is 0.277. The largest absolute Gasteiger partial charge is 0.476 e. The van der Waals surface area contributed by atoms with Gasteiger partial charge in [0.2, 0.25) is 5.88 Å². The summed E-state index contributed by atoms with van der Waals surface area (Å²) in [5.74, 6) is 1.22. The molecule has 21 heavy (non-hydrogen) atoms. The number of nitrogen functional groups attached to an aromatic ring is 1. The Morgan fingerprint density at radius 2 is 2.14 bits per heavy atom. The Hall–Kier alpha value is -2.37. The third kappa shape index (κ3) is 2.61. The topological polar surface area (TPSA) is 77.2 Å². The molecule has 2 aromatic rings. The van der Waals surface area contributed by atoms with Crippen LogP contribution in [0.4, 0.5) is 11.5 Å². The van der Waals surface area contributed by atoms with Crippen LogP contribution < -0.4 is 15.4 Å². The van der Waals surface area contributed by atoms with Crippen molar-refractivity contribution in [2.45, 2.75) is 25.8 Å². The fraction of sp³-hybridized carbons (Fsp3) is 0.400. The number of nitrogens with two attached hydrogens (primary N) is 1. The molecular weight excluding hydrogens is 266 g/mol. The standard InChI is InChI=1S/C15H19N5O/c1-2-21-15-13(16)14(18-10-19-15)20-9-3-4-12(20)11-5-7-17-8-6-11/h5-8,10,12H,2-4,9,16H2,1H3. The molecule has 3 rings (SSSR count). The van der Waals surface area contributed by atoms with Gasteiger partial charge in [-0.1, -0.05) is 0 Å². The van der Waals surface area contributed by atoms with Gasteiger partial charge in [0.25, 0.3) is 0 Å². The number of anilines is 2. The van der Waals surface area contributed by atoms with E-state index in [0.717, 1.165) is 25.2 Å². The highest BCUT2D eigenvalue weighted by Gasteiger charge is 2.29. The fourth-order valence-corrected chi connectivity index (χ4v) is 2.80. The molecule has 1 atom stereocenters.